The van der Waals surface area contributed by atoms with E-state index in [1.165, 1.54) is 0 Å². The highest BCUT2D eigenvalue weighted by atomic mass is 79.9. The molecular formula is C23H18Br2N4O. The van der Waals surface area contributed by atoms with E-state index in [2.05, 4.69) is 47.1 Å². The van der Waals surface area contributed by atoms with E-state index in [0.717, 1.165) is 50.6 Å². The number of nitrogens with one attached hydrogen (secondary N) is 2. The third-order valence-electron chi connectivity index (χ3n) is 5.75. The number of carbonyl (C=O) groups excluding carboxylic acids is 1. The predicted octanol–water partition coefficient (Wildman–Crippen LogP) is 6.21. The zero-order chi connectivity index (χ0) is 20.7. The Morgan fingerprint density at radius 2 is 1.87 bits per heavy atom. The average Bonchev–Trinajstić information content (AvgIpc) is 3.11. The van der Waals surface area contributed by atoms with Crippen molar-refractivity contribution in [3.63, 3.8) is 0 Å². The number of aromatic nitrogens is 3. The van der Waals surface area contributed by atoms with Crippen molar-refractivity contribution in [2.45, 2.75) is 24.7 Å². The van der Waals surface area contributed by atoms with E-state index < -0.39 is 0 Å². The largest absolute Gasteiger partial charge is 0.341 e. The summed E-state index contributed by atoms with van der Waals surface area (Å²) in [6.45, 7) is 0. The lowest BCUT2D eigenvalue weighted by Gasteiger charge is -2.40. The maximum Gasteiger partial charge on any atom is 0.256 e. The van der Waals surface area contributed by atoms with Crippen LogP contribution < -0.4 is 5.32 Å². The number of hydrogen-bond acceptors (Lipinski definition) is 3. The van der Waals surface area contributed by atoms with E-state index in [-0.39, 0.29) is 11.3 Å². The van der Waals surface area contributed by atoms with Crippen molar-refractivity contribution >= 4 is 54.6 Å². The number of fused-ring (bicyclic) bond motifs is 1. The molecule has 7 heteroatoms. The second-order valence-corrected chi connectivity index (χ2v) is 9.41. The summed E-state index contributed by atoms with van der Waals surface area (Å²) in [7, 11) is 0. The van der Waals surface area contributed by atoms with Crippen LogP contribution in [-0.2, 0) is 5.41 Å². The molecule has 0 bridgehead atoms. The summed E-state index contributed by atoms with van der Waals surface area (Å²) in [6, 6.07) is 17.3. The molecule has 2 aromatic heterocycles. The Kier molecular flexibility index (Phi) is 4.95. The topological polar surface area (TPSA) is 70.7 Å². The molecule has 1 aliphatic carbocycles. The first-order valence-electron chi connectivity index (χ1n) is 9.73. The minimum atomic E-state index is -0.183. The minimum absolute atomic E-state index is 0.147. The SMILES string of the molecule is O=C(Nc1ccc(C2(c3nc4cc(Br)ccc4[nH]3)CCC2)cn1)c1cccc(Br)c1. The smallest absolute Gasteiger partial charge is 0.256 e. The first kappa shape index (κ1) is 19.5. The van der Waals surface area contributed by atoms with E-state index >= 15 is 0 Å². The van der Waals surface area contributed by atoms with E-state index in [1.807, 2.05) is 48.7 Å². The fraction of sp³-hybridized carbons (Fsp3) is 0.174. The third kappa shape index (κ3) is 3.46. The third-order valence-corrected chi connectivity index (χ3v) is 6.74. The van der Waals surface area contributed by atoms with Gasteiger partial charge in [-0.15, -0.1) is 0 Å². The summed E-state index contributed by atoms with van der Waals surface area (Å²) >= 11 is 6.91. The van der Waals surface area contributed by atoms with Gasteiger partial charge in [0.25, 0.3) is 5.91 Å². The lowest BCUT2D eigenvalue weighted by Crippen LogP contribution is -2.36. The lowest BCUT2D eigenvalue weighted by molar-refractivity contribution is 0.102. The Bertz CT molecular complexity index is 1250. The molecule has 0 unspecified atom stereocenters. The molecule has 1 aliphatic rings. The van der Waals surface area contributed by atoms with Crippen molar-refractivity contribution in [3.8, 4) is 0 Å². The highest BCUT2D eigenvalue weighted by Gasteiger charge is 2.43. The van der Waals surface area contributed by atoms with Gasteiger partial charge in [-0.2, -0.15) is 0 Å². The van der Waals surface area contributed by atoms with Crippen molar-refractivity contribution in [2.24, 2.45) is 0 Å². The van der Waals surface area contributed by atoms with Gasteiger partial charge in [-0.3, -0.25) is 4.79 Å². The maximum absolute atomic E-state index is 12.5. The van der Waals surface area contributed by atoms with Gasteiger partial charge in [0.15, 0.2) is 0 Å². The number of imidazole rings is 1. The molecule has 0 spiro atoms. The lowest BCUT2D eigenvalue weighted by atomic mass is 9.64. The van der Waals surface area contributed by atoms with Crippen molar-refractivity contribution in [3.05, 3.63) is 86.7 Å². The van der Waals surface area contributed by atoms with Crippen LogP contribution in [0.25, 0.3) is 11.0 Å². The van der Waals surface area contributed by atoms with Gasteiger partial charge in [0.05, 0.1) is 16.4 Å². The van der Waals surface area contributed by atoms with Crippen LogP contribution in [0.4, 0.5) is 5.82 Å². The molecule has 5 rings (SSSR count). The van der Waals surface area contributed by atoms with Crippen molar-refractivity contribution in [1.29, 1.82) is 0 Å². The monoisotopic (exact) mass is 524 g/mol. The first-order valence-corrected chi connectivity index (χ1v) is 11.3. The first-order chi connectivity index (χ1) is 14.5. The van der Waals surface area contributed by atoms with E-state index in [1.54, 1.807) is 12.1 Å². The number of pyridine rings is 1. The van der Waals surface area contributed by atoms with Crippen LogP contribution in [0.3, 0.4) is 0 Å². The average molecular weight is 526 g/mol. The van der Waals surface area contributed by atoms with Crippen LogP contribution in [-0.4, -0.2) is 20.9 Å². The zero-order valence-corrected chi connectivity index (χ0v) is 19.1. The van der Waals surface area contributed by atoms with Gasteiger partial charge >= 0.3 is 0 Å². The summed E-state index contributed by atoms with van der Waals surface area (Å²) in [5.74, 6) is 1.33. The molecule has 0 aliphatic heterocycles. The molecule has 1 saturated carbocycles. The molecule has 4 aromatic rings. The quantitative estimate of drug-likeness (QED) is 0.333. The fourth-order valence-electron chi connectivity index (χ4n) is 3.97. The number of benzene rings is 2. The van der Waals surface area contributed by atoms with Crippen LogP contribution in [0.15, 0.2) is 69.7 Å². The predicted molar refractivity (Wildman–Crippen MR) is 125 cm³/mol. The minimum Gasteiger partial charge on any atom is -0.341 e. The van der Waals surface area contributed by atoms with Crippen molar-refractivity contribution in [2.75, 3.05) is 5.32 Å². The highest BCUT2D eigenvalue weighted by molar-refractivity contribution is 9.10. The molecule has 1 fully saturated rings. The van der Waals surface area contributed by atoms with Gasteiger partial charge in [0, 0.05) is 20.7 Å². The molecule has 2 N–H and O–H groups in total. The van der Waals surface area contributed by atoms with Crippen LogP contribution in [0.2, 0.25) is 0 Å². The number of anilines is 1. The highest BCUT2D eigenvalue weighted by Crippen LogP contribution is 2.48. The van der Waals surface area contributed by atoms with Gasteiger partial charge in [-0.1, -0.05) is 50.4 Å². The van der Waals surface area contributed by atoms with Gasteiger partial charge in [-0.05, 0) is 60.9 Å². The second-order valence-electron chi connectivity index (χ2n) is 7.58. The Labute approximate surface area is 190 Å². The van der Waals surface area contributed by atoms with E-state index in [4.69, 9.17) is 4.98 Å². The zero-order valence-electron chi connectivity index (χ0n) is 16.0. The van der Waals surface area contributed by atoms with Gasteiger partial charge in [0.2, 0.25) is 0 Å². The van der Waals surface area contributed by atoms with E-state index in [9.17, 15) is 4.79 Å². The van der Waals surface area contributed by atoms with Crippen LogP contribution in [0.5, 0.6) is 0 Å². The molecular weight excluding hydrogens is 508 g/mol. The fourth-order valence-corrected chi connectivity index (χ4v) is 4.72. The Morgan fingerprint density at radius 3 is 2.57 bits per heavy atom. The molecule has 0 saturated heterocycles. The summed E-state index contributed by atoms with van der Waals surface area (Å²) in [6.07, 6.45) is 5.07. The molecule has 5 nitrogen and oxygen atoms in total. The number of nitrogens with zero attached hydrogens (tertiary/aromatic N) is 2. The van der Waals surface area contributed by atoms with Crippen molar-refractivity contribution < 1.29 is 4.79 Å². The maximum atomic E-state index is 12.5. The number of rotatable bonds is 4. The summed E-state index contributed by atoms with van der Waals surface area (Å²) in [4.78, 5) is 25.4. The Morgan fingerprint density at radius 1 is 1.03 bits per heavy atom. The molecule has 1 amide bonds. The Hall–Kier alpha value is -2.51. The van der Waals surface area contributed by atoms with Gasteiger partial charge < -0.3 is 10.3 Å². The molecule has 2 aromatic carbocycles. The van der Waals surface area contributed by atoms with Crippen LogP contribution >= 0.6 is 31.9 Å². The van der Waals surface area contributed by atoms with Gasteiger partial charge in [0.1, 0.15) is 11.6 Å². The molecule has 2 heterocycles. The van der Waals surface area contributed by atoms with Gasteiger partial charge in [-0.25, -0.2) is 9.97 Å². The Balaban J connectivity index is 1.41. The molecule has 0 atom stereocenters. The van der Waals surface area contributed by atoms with Crippen molar-refractivity contribution in [1.82, 2.24) is 15.0 Å². The number of amides is 1. The van der Waals surface area contributed by atoms with Crippen LogP contribution in [0, 0.1) is 0 Å². The second kappa shape index (κ2) is 7.63. The molecule has 30 heavy (non-hydrogen) atoms. The number of halogens is 2. The normalized spacial score (nSPS) is 15.0. The summed E-state index contributed by atoms with van der Waals surface area (Å²) in [5, 5.41) is 2.87. The standard InChI is InChI=1S/C23H18Br2N4O/c24-16-4-1-3-14(11-16)21(30)29-20-8-5-15(13-26-20)23(9-2-10-23)22-27-18-7-6-17(25)12-19(18)28-22/h1,3-8,11-13H,2,9-10H2,(H,27,28)(H,26,29,30). The summed E-state index contributed by atoms with van der Waals surface area (Å²) < 4.78 is 1.88. The number of hydrogen-bond donors (Lipinski definition) is 2. The van der Waals surface area contributed by atoms with E-state index in [0.29, 0.717) is 11.4 Å². The molecule has 0 radical (unpaired) electrons. The summed E-state index contributed by atoms with van der Waals surface area (Å²) in [5.41, 5.74) is 3.54. The molecule has 150 valence electrons. The van der Waals surface area contributed by atoms with Crippen LogP contribution in [0.1, 0.15) is 41.0 Å². The number of H-pyrrole nitrogens is 1. The number of carbonyl (C=O) groups is 1. The number of aromatic amines is 1.